The molecule has 0 aliphatic rings. The van der Waals surface area contributed by atoms with E-state index in [1.807, 2.05) is 106 Å². The molecule has 16 heteroatoms. The molecule has 0 aromatic carbocycles. The molecule has 0 radical (unpaired) electrons. The van der Waals surface area contributed by atoms with Gasteiger partial charge in [-0.15, -0.1) is 0 Å². The number of nitrogens with one attached hydrogen (secondary N) is 5. The van der Waals surface area contributed by atoms with Gasteiger partial charge in [0.2, 0.25) is 0 Å². The molecule has 7 N–H and O–H groups in total. The van der Waals surface area contributed by atoms with Crippen LogP contribution in [0.2, 0.25) is 0 Å². The average molecular weight is 897 g/mol. The third-order valence-electron chi connectivity index (χ3n) is 11.2. The minimum atomic E-state index is 0.582. The summed E-state index contributed by atoms with van der Waals surface area (Å²) in [6.45, 7) is 14.4. The molecular weight excluding hydrogens is 849 g/mol. The molecule has 0 spiro atoms. The molecule has 0 bridgehead atoms. The number of hydrogen-bond donors (Lipinski definition) is 6. The summed E-state index contributed by atoms with van der Waals surface area (Å²) in [5.74, 6) is 1.26. The minimum Gasteiger partial charge on any atom is -0.397 e. The summed E-state index contributed by atoms with van der Waals surface area (Å²) in [7, 11) is 1.87. The van der Waals surface area contributed by atoms with Gasteiger partial charge in [-0.2, -0.15) is 5.10 Å². The van der Waals surface area contributed by atoms with Crippen molar-refractivity contribution in [2.45, 2.75) is 26.8 Å². The van der Waals surface area contributed by atoms with E-state index >= 15 is 0 Å². The predicted octanol–water partition coefficient (Wildman–Crippen LogP) is 7.76. The molecule has 336 valence electrons. The van der Waals surface area contributed by atoms with E-state index in [4.69, 9.17) is 15.7 Å². The molecule has 10 heterocycles. The van der Waals surface area contributed by atoms with E-state index in [-0.39, 0.29) is 0 Å². The first-order valence-electron chi connectivity index (χ1n) is 22.0. The lowest BCUT2D eigenvalue weighted by molar-refractivity contribution is 0.674. The number of nitrogen functional groups attached to an aromatic ring is 1. The van der Waals surface area contributed by atoms with E-state index in [1.165, 1.54) is 0 Å². The summed E-state index contributed by atoms with van der Waals surface area (Å²) in [5, 5.41) is 16.0. The molecule has 0 saturated heterocycles. The highest BCUT2D eigenvalue weighted by molar-refractivity contribution is 5.94. The number of aromatic amines is 3. The molecule has 0 saturated carbocycles. The van der Waals surface area contributed by atoms with Crippen LogP contribution in [0.4, 0.5) is 11.4 Å². The smallest absolute Gasteiger partial charge is 0.178 e. The van der Waals surface area contributed by atoms with Crippen LogP contribution in [0.1, 0.15) is 42.8 Å². The number of allylic oxidation sites excluding steroid dienone is 1. The number of aromatic nitrogens is 13. The van der Waals surface area contributed by atoms with Gasteiger partial charge in [-0.3, -0.25) is 30.0 Å². The van der Waals surface area contributed by atoms with Crippen molar-refractivity contribution < 1.29 is 0 Å². The number of hydrogen-bond acceptors (Lipinski definition) is 13. The van der Waals surface area contributed by atoms with Crippen LogP contribution in [-0.4, -0.2) is 78.6 Å². The number of rotatable bonds is 13. The van der Waals surface area contributed by atoms with E-state index in [9.17, 15) is 0 Å². The zero-order valence-corrected chi connectivity index (χ0v) is 37.8. The first-order chi connectivity index (χ1) is 33.3. The van der Waals surface area contributed by atoms with Gasteiger partial charge in [0.25, 0.3) is 0 Å². The SMILES string of the molecule is C=C(/C=c1/c(-c2nc3nccc(-c4cccnc4)c3[nH]2)n[nH]/c1=C/C)c1cncc(N)c1.C=C(c1nc2nccc(-c3cccnc3)c2[nH]1)c1cc(-c2cncc(CNCCC)c2)ncc1NC. The Kier molecular flexibility index (Phi) is 13.0. The number of nitrogens with two attached hydrogens (primary N) is 1. The van der Waals surface area contributed by atoms with Crippen molar-refractivity contribution in [1.29, 1.82) is 0 Å². The molecule has 10 rings (SSSR count). The largest absolute Gasteiger partial charge is 0.397 e. The van der Waals surface area contributed by atoms with Gasteiger partial charge in [-0.05, 0) is 79.6 Å². The van der Waals surface area contributed by atoms with Crippen LogP contribution in [0.15, 0.2) is 136 Å². The van der Waals surface area contributed by atoms with Crippen molar-refractivity contribution in [3.8, 4) is 45.0 Å². The van der Waals surface area contributed by atoms with Crippen LogP contribution >= 0.6 is 0 Å². The monoisotopic (exact) mass is 896 g/mol. The second-order valence-electron chi connectivity index (χ2n) is 15.7. The molecule has 10 aromatic heterocycles. The molecule has 0 aliphatic carbocycles. The Bertz CT molecular complexity index is 3540. The first-order valence-corrected chi connectivity index (χ1v) is 22.0. The van der Waals surface area contributed by atoms with E-state index in [1.54, 1.807) is 37.2 Å². The molecule has 0 fully saturated rings. The van der Waals surface area contributed by atoms with Crippen molar-refractivity contribution in [2.75, 3.05) is 24.6 Å². The van der Waals surface area contributed by atoms with Gasteiger partial charge in [0.05, 0.1) is 39.6 Å². The second kappa shape index (κ2) is 20.0. The normalized spacial score (nSPS) is 11.8. The quantitative estimate of drug-likeness (QED) is 0.0609. The third kappa shape index (κ3) is 9.38. The van der Waals surface area contributed by atoms with Crippen LogP contribution in [-0.2, 0) is 6.54 Å². The maximum atomic E-state index is 5.88. The number of nitrogens with zero attached hydrogens (tertiary/aromatic N) is 10. The van der Waals surface area contributed by atoms with Crippen molar-refractivity contribution in [3.05, 3.63) is 169 Å². The Morgan fingerprint density at radius 3 is 2.13 bits per heavy atom. The Morgan fingerprint density at radius 2 is 1.46 bits per heavy atom. The van der Waals surface area contributed by atoms with Crippen molar-refractivity contribution in [3.63, 3.8) is 0 Å². The topological polar surface area (TPSA) is 226 Å². The summed E-state index contributed by atoms with van der Waals surface area (Å²) >= 11 is 0. The molecule has 16 nitrogen and oxygen atoms in total. The summed E-state index contributed by atoms with van der Waals surface area (Å²) in [5.41, 5.74) is 21.0. The van der Waals surface area contributed by atoms with Crippen LogP contribution in [0.25, 0.3) is 90.7 Å². The fourth-order valence-electron chi connectivity index (χ4n) is 7.73. The molecule has 0 unspecified atom stereocenters. The highest BCUT2D eigenvalue weighted by Gasteiger charge is 2.18. The second-order valence-corrected chi connectivity index (χ2v) is 15.7. The van der Waals surface area contributed by atoms with Gasteiger partial charge in [0.15, 0.2) is 17.1 Å². The highest BCUT2D eigenvalue weighted by atomic mass is 15.1. The lowest BCUT2D eigenvalue weighted by Gasteiger charge is -2.12. The lowest BCUT2D eigenvalue weighted by atomic mass is 10.0. The highest BCUT2D eigenvalue weighted by Crippen LogP contribution is 2.33. The van der Waals surface area contributed by atoms with Gasteiger partial charge in [0, 0.05) is 125 Å². The van der Waals surface area contributed by atoms with Gasteiger partial charge in [-0.1, -0.05) is 38.3 Å². The van der Waals surface area contributed by atoms with E-state index in [2.05, 4.69) is 91.8 Å². The van der Waals surface area contributed by atoms with E-state index < -0.39 is 0 Å². The van der Waals surface area contributed by atoms with Crippen LogP contribution in [0.3, 0.4) is 0 Å². The Labute approximate surface area is 391 Å². The Hall–Kier alpha value is -9.02. The summed E-state index contributed by atoms with van der Waals surface area (Å²) in [6, 6.07) is 17.7. The Balaban J connectivity index is 0.000000171. The van der Waals surface area contributed by atoms with E-state index in [0.29, 0.717) is 34.3 Å². The average Bonchev–Trinajstić information content (AvgIpc) is 4.14. The molecule has 68 heavy (non-hydrogen) atoms. The zero-order valence-electron chi connectivity index (χ0n) is 37.8. The summed E-state index contributed by atoms with van der Waals surface area (Å²) in [4.78, 5) is 46.9. The number of H-pyrrole nitrogens is 3. The molecule has 10 aromatic rings. The summed E-state index contributed by atoms with van der Waals surface area (Å²) < 4.78 is 0. The molecule has 0 amide bonds. The number of anilines is 2. The van der Waals surface area contributed by atoms with Crippen molar-refractivity contribution in [1.82, 2.24) is 70.3 Å². The zero-order chi connectivity index (χ0) is 47.0. The predicted molar refractivity (Wildman–Crippen MR) is 271 cm³/mol. The van der Waals surface area contributed by atoms with Crippen molar-refractivity contribution >= 4 is 57.0 Å². The standard InChI is InChI=1S/C28H28N8.C24H20N8/c1-4-8-30-13-19-11-21(16-32-14-19)24-12-23(25(29-3)17-34-24)18(2)27-35-26-22(7-10-33-28(26)36-27)20-6-5-9-31-15-20;1-3-20-19(9-14(2)16-10-17(25)13-27-12-16)22(32-31-20)24-29-21-18(6-8-28-23(21)30-24)15-5-4-7-26-11-15/h5-7,9-12,14-17,29-30H,2,4,8,13H2,1,3H3,(H,33,35,36);3-13,31H,2,25H2,1H3,(H,28,29,30)/b;19-9+,20-3+. The fourth-order valence-corrected chi connectivity index (χ4v) is 7.73. The maximum Gasteiger partial charge on any atom is 0.178 e. The minimum absolute atomic E-state index is 0.582. The molecule has 0 atom stereocenters. The van der Waals surface area contributed by atoms with Gasteiger partial charge in [-0.25, -0.2) is 19.9 Å². The number of imidazole rings is 2. The third-order valence-corrected chi connectivity index (χ3v) is 11.2. The van der Waals surface area contributed by atoms with Gasteiger partial charge in [0.1, 0.15) is 11.5 Å². The van der Waals surface area contributed by atoms with Gasteiger partial charge < -0.3 is 26.3 Å². The van der Waals surface area contributed by atoms with Gasteiger partial charge >= 0.3 is 0 Å². The van der Waals surface area contributed by atoms with Crippen LogP contribution in [0, 0.1) is 0 Å². The number of fused-ring (bicyclic) bond motifs is 2. The summed E-state index contributed by atoms with van der Waals surface area (Å²) in [6.07, 6.45) is 24.5. The van der Waals surface area contributed by atoms with E-state index in [0.717, 1.165) is 108 Å². The number of pyridine rings is 7. The lowest BCUT2D eigenvalue weighted by Crippen LogP contribution is -2.23. The van der Waals surface area contributed by atoms with Crippen LogP contribution < -0.4 is 26.9 Å². The molecule has 0 aliphatic heterocycles. The Morgan fingerprint density at radius 1 is 0.750 bits per heavy atom. The molecular formula is C52H48N16. The first kappa shape index (κ1) is 44.2. The van der Waals surface area contributed by atoms with Crippen molar-refractivity contribution in [2.24, 2.45) is 0 Å². The fraction of sp³-hybridized carbons (Fsp3) is 0.115. The van der Waals surface area contributed by atoms with Crippen LogP contribution in [0.5, 0.6) is 0 Å². The maximum absolute atomic E-state index is 5.88.